The van der Waals surface area contributed by atoms with Gasteiger partial charge in [0.25, 0.3) is 5.91 Å². The minimum absolute atomic E-state index is 0.256. The third-order valence-corrected chi connectivity index (χ3v) is 8.43. The first kappa shape index (κ1) is 32.5. The quantitative estimate of drug-likeness (QED) is 0.140. The maximum absolute atomic E-state index is 13.6. The number of aromatic nitrogens is 1. The molecule has 4 N–H and O–H groups in total. The average Bonchev–Trinajstić information content (AvgIpc) is 3.45. The molecule has 0 saturated carbocycles. The van der Waals surface area contributed by atoms with Gasteiger partial charge >= 0.3 is 0 Å². The van der Waals surface area contributed by atoms with Crippen molar-refractivity contribution < 1.29 is 19.8 Å². The fourth-order valence-electron chi connectivity index (χ4n) is 5.92. The van der Waals surface area contributed by atoms with E-state index in [1.54, 1.807) is 43.3 Å². The average molecular weight is 621 g/mol. The first-order chi connectivity index (χ1) is 22.1. The molecule has 2 atom stereocenters. The number of likely N-dealkylation sites (tertiary alicyclic amines) is 1. The number of nitrogens with one attached hydrogen (secondary N) is 2. The molecule has 0 radical (unpaired) electrons. The number of benzene rings is 2. The predicted octanol–water partition coefficient (Wildman–Crippen LogP) is 5.12. The maximum atomic E-state index is 13.6. The van der Waals surface area contributed by atoms with E-state index in [1.165, 1.54) is 0 Å². The van der Waals surface area contributed by atoms with Crippen LogP contribution in [0.25, 0.3) is 17.2 Å². The van der Waals surface area contributed by atoms with Gasteiger partial charge in [0.1, 0.15) is 12.0 Å². The van der Waals surface area contributed by atoms with E-state index in [2.05, 4.69) is 32.2 Å². The van der Waals surface area contributed by atoms with Crippen LogP contribution >= 0.6 is 0 Å². The van der Waals surface area contributed by atoms with Gasteiger partial charge in [-0.05, 0) is 97.7 Å². The molecule has 1 saturated heterocycles. The third kappa shape index (κ3) is 6.99. The number of aliphatic imine (C=N–C) groups is 1. The number of carbonyl (C=O) groups excluding carboxylic acids is 2. The maximum Gasteiger partial charge on any atom is 0.256 e. The zero-order chi connectivity index (χ0) is 33.0. The molecule has 2 aromatic carbocycles. The molecular formula is C36H40N6O4. The zero-order valence-corrected chi connectivity index (χ0v) is 26.6. The number of carbonyl (C=O) groups is 2. The smallest absolute Gasteiger partial charge is 0.256 e. The highest BCUT2D eigenvalue weighted by atomic mass is 16.3. The summed E-state index contributed by atoms with van der Waals surface area (Å²) < 4.78 is 0. The van der Waals surface area contributed by atoms with Gasteiger partial charge in [-0.25, -0.2) is 4.98 Å². The van der Waals surface area contributed by atoms with Crippen molar-refractivity contribution in [1.82, 2.24) is 14.8 Å². The number of hydrogen-bond acceptors (Lipinski definition) is 9. The second kappa shape index (κ2) is 14.0. The number of pyridine rings is 1. The summed E-state index contributed by atoms with van der Waals surface area (Å²) >= 11 is 0. The molecule has 0 bridgehead atoms. The Hall–Kier alpha value is -4.90. The van der Waals surface area contributed by atoms with E-state index >= 15 is 0 Å². The Morgan fingerprint density at radius 1 is 1.11 bits per heavy atom. The Kier molecular flexibility index (Phi) is 9.91. The van der Waals surface area contributed by atoms with E-state index < -0.39 is 6.23 Å². The number of anilines is 3. The Labute approximate surface area is 269 Å². The van der Waals surface area contributed by atoms with Crippen LogP contribution in [-0.4, -0.2) is 82.9 Å². The summed E-state index contributed by atoms with van der Waals surface area (Å²) in [7, 11) is 1.74. The molecule has 2 aliphatic rings. The van der Waals surface area contributed by atoms with E-state index in [-0.39, 0.29) is 17.6 Å². The van der Waals surface area contributed by atoms with Crippen LogP contribution in [0.2, 0.25) is 0 Å². The summed E-state index contributed by atoms with van der Waals surface area (Å²) in [5.41, 5.74) is 8.18. The summed E-state index contributed by atoms with van der Waals surface area (Å²) in [6, 6.07) is 13.5. The van der Waals surface area contributed by atoms with Crippen molar-refractivity contribution in [2.45, 2.75) is 39.5 Å². The molecule has 1 unspecified atom stereocenters. The molecule has 0 spiro atoms. The zero-order valence-electron chi connectivity index (χ0n) is 26.6. The lowest BCUT2D eigenvalue weighted by molar-refractivity contribution is -0.114. The monoisotopic (exact) mass is 620 g/mol. The number of hydrogen-bond donors (Lipinski definition) is 4. The molecule has 238 valence electrons. The highest BCUT2D eigenvalue weighted by Crippen LogP contribution is 2.37. The number of aliphatic hydroxyl groups excluding tert-OH is 2. The lowest BCUT2D eigenvalue weighted by Crippen LogP contribution is -2.38. The van der Waals surface area contributed by atoms with Gasteiger partial charge in [-0.15, -0.1) is 0 Å². The highest BCUT2D eigenvalue weighted by Gasteiger charge is 2.28. The second-order valence-electron chi connectivity index (χ2n) is 11.8. The van der Waals surface area contributed by atoms with E-state index in [0.29, 0.717) is 35.9 Å². The number of allylic oxidation sites excluding steroid dienone is 1. The van der Waals surface area contributed by atoms with Crippen molar-refractivity contribution in [3.63, 3.8) is 0 Å². The van der Waals surface area contributed by atoms with Crippen LogP contribution in [0, 0.1) is 13.8 Å². The van der Waals surface area contributed by atoms with Crippen LogP contribution in [-0.2, 0) is 9.59 Å². The molecule has 0 aliphatic carbocycles. The lowest BCUT2D eigenvalue weighted by Gasteiger charge is -2.30. The molecule has 2 aliphatic heterocycles. The fourth-order valence-corrected chi connectivity index (χ4v) is 5.92. The molecule has 3 heterocycles. The summed E-state index contributed by atoms with van der Waals surface area (Å²) in [4.78, 5) is 37.2. The first-order valence-corrected chi connectivity index (χ1v) is 15.2. The van der Waals surface area contributed by atoms with E-state index in [1.807, 2.05) is 56.4 Å². The molecule has 5 rings (SSSR count). The number of rotatable bonds is 10. The molecule has 10 nitrogen and oxygen atoms in total. The molecule has 46 heavy (non-hydrogen) atoms. The number of nitrogens with zero attached hydrogens (tertiary/aromatic N) is 4. The van der Waals surface area contributed by atoms with Gasteiger partial charge in [0.05, 0.1) is 11.7 Å². The van der Waals surface area contributed by atoms with E-state index in [0.717, 1.165) is 58.3 Å². The van der Waals surface area contributed by atoms with Gasteiger partial charge in [-0.1, -0.05) is 24.3 Å². The molecule has 10 heteroatoms. The van der Waals surface area contributed by atoms with Crippen molar-refractivity contribution in [3.05, 3.63) is 94.3 Å². The SMILES string of the molecule is C=Nc1c(/C=C(\C)C=O)ccnc1Nc1cccc(-c2cccc(NC(=O)C3=CC(CN4CC[C@@H](O)C4)=CN(C)C3O)c2C)c1C. The predicted molar refractivity (Wildman–Crippen MR) is 183 cm³/mol. The summed E-state index contributed by atoms with van der Waals surface area (Å²) in [6.07, 6.45) is 7.08. The number of aliphatic hydroxyl groups is 2. The van der Waals surface area contributed by atoms with Crippen LogP contribution < -0.4 is 10.6 Å². The summed E-state index contributed by atoms with van der Waals surface area (Å²) in [6.45, 7) is 11.4. The highest BCUT2D eigenvalue weighted by molar-refractivity contribution is 6.05. The topological polar surface area (TPSA) is 130 Å². The van der Waals surface area contributed by atoms with Crippen LogP contribution in [0.1, 0.15) is 30.0 Å². The number of likely N-dealkylation sites (N-methyl/N-ethyl adjacent to an activating group) is 1. The van der Waals surface area contributed by atoms with Crippen LogP contribution in [0.3, 0.4) is 0 Å². The largest absolute Gasteiger partial charge is 0.392 e. The number of aldehydes is 1. The molecule has 3 aromatic rings. The Morgan fingerprint density at radius 3 is 2.46 bits per heavy atom. The van der Waals surface area contributed by atoms with Gasteiger partial charge in [-0.2, -0.15) is 0 Å². The number of amides is 1. The molecular weight excluding hydrogens is 580 g/mol. The molecule has 1 amide bonds. The van der Waals surface area contributed by atoms with Crippen molar-refractivity contribution in [2.24, 2.45) is 4.99 Å². The summed E-state index contributed by atoms with van der Waals surface area (Å²) in [5.74, 6) is 0.132. The Morgan fingerprint density at radius 2 is 1.80 bits per heavy atom. The number of β-amino-alcohol motifs (C(OH)–C–C–N with tert-alkyl or cyclic N) is 1. The van der Waals surface area contributed by atoms with Crippen molar-refractivity contribution in [2.75, 3.05) is 37.3 Å². The minimum Gasteiger partial charge on any atom is -0.392 e. The van der Waals surface area contributed by atoms with Gasteiger partial charge in [0.2, 0.25) is 0 Å². The van der Waals surface area contributed by atoms with Gasteiger partial charge in [-0.3, -0.25) is 19.5 Å². The van der Waals surface area contributed by atoms with Crippen molar-refractivity contribution in [3.8, 4) is 11.1 Å². The van der Waals surface area contributed by atoms with Crippen molar-refractivity contribution in [1.29, 1.82) is 0 Å². The first-order valence-electron chi connectivity index (χ1n) is 15.2. The Balaban J connectivity index is 1.40. The minimum atomic E-state index is -1.08. The third-order valence-electron chi connectivity index (χ3n) is 8.43. The van der Waals surface area contributed by atoms with Crippen LogP contribution in [0.4, 0.5) is 22.9 Å². The molecule has 1 fully saturated rings. The summed E-state index contributed by atoms with van der Waals surface area (Å²) in [5, 5.41) is 27.2. The van der Waals surface area contributed by atoms with Gasteiger partial charge in [0, 0.05) is 56.0 Å². The van der Waals surface area contributed by atoms with E-state index in [4.69, 9.17) is 0 Å². The van der Waals surface area contributed by atoms with Crippen LogP contribution in [0.15, 0.2) is 82.6 Å². The van der Waals surface area contributed by atoms with Crippen LogP contribution in [0.5, 0.6) is 0 Å². The van der Waals surface area contributed by atoms with Crippen molar-refractivity contribution >= 4 is 47.9 Å². The second-order valence-corrected chi connectivity index (χ2v) is 11.8. The van der Waals surface area contributed by atoms with Gasteiger partial charge in [0.15, 0.2) is 12.0 Å². The van der Waals surface area contributed by atoms with Gasteiger partial charge < -0.3 is 25.7 Å². The fraction of sp³-hybridized carbons (Fsp3) is 0.278. The normalized spacial score (nSPS) is 18.6. The lowest BCUT2D eigenvalue weighted by atomic mass is 9.94. The Bertz CT molecular complexity index is 1760. The standard InChI is InChI=1S/C36H40N6O4/c1-22(21-43)16-26-12-14-38-34(33(26)37-4)39-31-10-6-8-28(23(31)2)29-9-7-11-32(24(29)3)40-35(45)30-17-25(18-41(5)36(30)46)19-42-15-13-27(44)20-42/h6-12,14,16-18,21,27,36,44,46H,4,13,15,19-20H2,1-3,5H3,(H,38,39)(H,40,45)/b22-16+/t27-,36?/m1/s1. The molecule has 1 aromatic heterocycles. The van der Waals surface area contributed by atoms with E-state index in [9.17, 15) is 19.8 Å².